The fourth-order valence-electron chi connectivity index (χ4n) is 5.73. The van der Waals surface area contributed by atoms with Gasteiger partial charge in [-0.15, -0.1) is 0 Å². The lowest BCUT2D eigenvalue weighted by molar-refractivity contribution is 0.376. The second-order valence-corrected chi connectivity index (χ2v) is 9.25. The highest BCUT2D eigenvalue weighted by atomic mass is 14.9. The number of fused-ring (bicyclic) bond motifs is 6. The Hall–Kier alpha value is -3.46. The summed E-state index contributed by atoms with van der Waals surface area (Å²) >= 11 is 0. The van der Waals surface area contributed by atoms with Crippen LogP contribution in [0.5, 0.6) is 0 Å². The molecule has 3 aromatic rings. The summed E-state index contributed by atoms with van der Waals surface area (Å²) in [6, 6.07) is 13.4. The van der Waals surface area contributed by atoms with E-state index in [0.29, 0.717) is 5.92 Å². The fraction of sp³-hybridized carbons (Fsp3) is 0.241. The SMILES string of the molecule is C=C1C=C2N=CC3=NC(C1)C(C2=C)C(CC)/C=C\c1cc2c(cc13)c1ccccc1n2C. The number of aryl methyl sites for hydroxylation is 1. The first-order valence-corrected chi connectivity index (χ1v) is 11.5. The van der Waals surface area contributed by atoms with Gasteiger partial charge in [0.15, 0.2) is 0 Å². The number of hydrogen-bond acceptors (Lipinski definition) is 2. The summed E-state index contributed by atoms with van der Waals surface area (Å²) in [4.78, 5) is 10.2. The largest absolute Gasteiger partial charge is 0.344 e. The van der Waals surface area contributed by atoms with Crippen LogP contribution in [0.3, 0.4) is 0 Å². The van der Waals surface area contributed by atoms with Crippen molar-refractivity contribution in [3.05, 3.63) is 89.7 Å². The van der Waals surface area contributed by atoms with Gasteiger partial charge in [-0.05, 0) is 54.2 Å². The van der Waals surface area contributed by atoms with Crippen LogP contribution < -0.4 is 0 Å². The molecule has 32 heavy (non-hydrogen) atoms. The second-order valence-electron chi connectivity index (χ2n) is 9.25. The van der Waals surface area contributed by atoms with Crippen LogP contribution in [0, 0.1) is 11.8 Å². The average Bonchev–Trinajstić information content (AvgIpc) is 3.07. The van der Waals surface area contributed by atoms with E-state index < -0.39 is 0 Å². The minimum atomic E-state index is 0.120. The van der Waals surface area contributed by atoms with Crippen LogP contribution in [0.4, 0.5) is 0 Å². The van der Waals surface area contributed by atoms with E-state index >= 15 is 0 Å². The highest BCUT2D eigenvalue weighted by Gasteiger charge is 2.35. The van der Waals surface area contributed by atoms with Crippen molar-refractivity contribution in [2.24, 2.45) is 28.9 Å². The predicted molar refractivity (Wildman–Crippen MR) is 137 cm³/mol. The van der Waals surface area contributed by atoms with E-state index in [1.807, 2.05) is 6.21 Å². The predicted octanol–water partition coefficient (Wildman–Crippen LogP) is 6.64. The summed E-state index contributed by atoms with van der Waals surface area (Å²) in [7, 11) is 2.15. The first-order chi connectivity index (χ1) is 15.5. The van der Waals surface area contributed by atoms with Crippen LogP contribution in [0.1, 0.15) is 30.9 Å². The lowest BCUT2D eigenvalue weighted by Gasteiger charge is -2.31. The zero-order valence-electron chi connectivity index (χ0n) is 18.7. The summed E-state index contributed by atoms with van der Waals surface area (Å²) in [5.74, 6) is 0.591. The molecule has 0 N–H and O–H groups in total. The molecular weight excluding hydrogens is 390 g/mol. The molecule has 1 aliphatic carbocycles. The summed E-state index contributed by atoms with van der Waals surface area (Å²) in [6.07, 6.45) is 10.6. The Labute approximate surface area is 188 Å². The molecule has 0 amide bonds. The first-order valence-electron chi connectivity index (χ1n) is 11.5. The summed E-state index contributed by atoms with van der Waals surface area (Å²) in [6.45, 7) is 11.0. The lowest BCUT2D eigenvalue weighted by Crippen LogP contribution is -2.29. The van der Waals surface area contributed by atoms with E-state index in [9.17, 15) is 0 Å². The molecule has 3 heteroatoms. The van der Waals surface area contributed by atoms with E-state index in [-0.39, 0.29) is 12.0 Å². The minimum Gasteiger partial charge on any atom is -0.344 e. The number of para-hydroxylation sites is 1. The molecule has 6 rings (SSSR count). The third-order valence-corrected chi connectivity index (χ3v) is 7.41. The molecule has 3 unspecified atom stereocenters. The van der Waals surface area contributed by atoms with Gasteiger partial charge in [-0.3, -0.25) is 9.98 Å². The maximum absolute atomic E-state index is 5.33. The molecule has 2 aliphatic heterocycles. The van der Waals surface area contributed by atoms with Crippen LogP contribution in [0.15, 0.2) is 88.5 Å². The van der Waals surface area contributed by atoms with Crippen LogP contribution >= 0.6 is 0 Å². The van der Waals surface area contributed by atoms with Gasteiger partial charge in [-0.2, -0.15) is 0 Å². The number of hydrogen-bond donors (Lipinski definition) is 0. The molecule has 0 radical (unpaired) electrons. The highest BCUT2D eigenvalue weighted by Crippen LogP contribution is 2.41. The molecule has 0 fully saturated rings. The third kappa shape index (κ3) is 2.74. The maximum Gasteiger partial charge on any atom is 0.0839 e. The highest BCUT2D eigenvalue weighted by molar-refractivity contribution is 6.40. The van der Waals surface area contributed by atoms with Crippen molar-refractivity contribution in [2.45, 2.75) is 25.8 Å². The van der Waals surface area contributed by atoms with Crippen molar-refractivity contribution in [1.29, 1.82) is 0 Å². The maximum atomic E-state index is 5.33. The summed E-state index contributed by atoms with van der Waals surface area (Å²) in [5, 5.41) is 2.53. The topological polar surface area (TPSA) is 29.6 Å². The molecule has 3 atom stereocenters. The molecule has 4 bridgehead atoms. The average molecular weight is 418 g/mol. The summed E-state index contributed by atoms with van der Waals surface area (Å²) in [5.41, 5.74) is 8.91. The Morgan fingerprint density at radius 3 is 2.78 bits per heavy atom. The van der Waals surface area contributed by atoms with E-state index in [0.717, 1.165) is 41.0 Å². The van der Waals surface area contributed by atoms with Crippen molar-refractivity contribution in [1.82, 2.24) is 4.57 Å². The molecule has 1 aromatic heterocycles. The fourth-order valence-corrected chi connectivity index (χ4v) is 5.73. The molecule has 3 aliphatic rings. The first kappa shape index (κ1) is 19.2. The molecule has 3 nitrogen and oxygen atoms in total. The summed E-state index contributed by atoms with van der Waals surface area (Å²) < 4.78 is 2.29. The Morgan fingerprint density at radius 2 is 1.94 bits per heavy atom. The molecule has 158 valence electrons. The van der Waals surface area contributed by atoms with Gasteiger partial charge in [0.05, 0.1) is 23.7 Å². The number of rotatable bonds is 1. The second kappa shape index (κ2) is 7.03. The van der Waals surface area contributed by atoms with Crippen LogP contribution in [0.2, 0.25) is 0 Å². The van der Waals surface area contributed by atoms with Crippen molar-refractivity contribution < 1.29 is 0 Å². The van der Waals surface area contributed by atoms with Gasteiger partial charge < -0.3 is 4.57 Å². The minimum absolute atomic E-state index is 0.120. The van der Waals surface area contributed by atoms with E-state index in [1.165, 1.54) is 27.4 Å². The van der Waals surface area contributed by atoms with E-state index in [1.54, 1.807) is 0 Å². The zero-order valence-corrected chi connectivity index (χ0v) is 18.7. The van der Waals surface area contributed by atoms with E-state index in [4.69, 9.17) is 9.98 Å². The number of aliphatic imine (C=N–C) groups is 2. The van der Waals surface area contributed by atoms with Crippen LogP contribution in [-0.4, -0.2) is 22.5 Å². The van der Waals surface area contributed by atoms with Gasteiger partial charge in [-0.25, -0.2) is 0 Å². The molecule has 0 saturated carbocycles. The molecule has 3 heterocycles. The third-order valence-electron chi connectivity index (χ3n) is 7.41. The number of benzene rings is 2. The van der Waals surface area contributed by atoms with Gasteiger partial charge in [0.2, 0.25) is 0 Å². The Bertz CT molecular complexity index is 1440. The van der Waals surface area contributed by atoms with Gasteiger partial charge >= 0.3 is 0 Å². The number of nitrogens with zero attached hydrogens (tertiary/aromatic N) is 3. The molecular formula is C29H27N3. The quantitative estimate of drug-likeness (QED) is 0.425. The Balaban J connectivity index is 1.69. The smallest absolute Gasteiger partial charge is 0.0839 e. The Morgan fingerprint density at radius 1 is 1.09 bits per heavy atom. The molecule has 0 spiro atoms. The van der Waals surface area contributed by atoms with Gasteiger partial charge in [-0.1, -0.05) is 56.0 Å². The zero-order chi connectivity index (χ0) is 22.0. The van der Waals surface area contributed by atoms with Gasteiger partial charge in [0, 0.05) is 40.3 Å². The monoisotopic (exact) mass is 417 g/mol. The normalized spacial score (nSPS) is 25.5. The number of aromatic nitrogens is 1. The van der Waals surface area contributed by atoms with Gasteiger partial charge in [0.25, 0.3) is 0 Å². The van der Waals surface area contributed by atoms with E-state index in [2.05, 4.69) is 86.3 Å². The van der Waals surface area contributed by atoms with Crippen LogP contribution in [-0.2, 0) is 7.05 Å². The van der Waals surface area contributed by atoms with Gasteiger partial charge in [0.1, 0.15) is 0 Å². The number of allylic oxidation sites excluding steroid dienone is 3. The molecule has 2 aromatic carbocycles. The lowest BCUT2D eigenvalue weighted by atomic mass is 9.78. The molecule has 0 saturated heterocycles. The van der Waals surface area contributed by atoms with Crippen molar-refractivity contribution in [3.8, 4) is 0 Å². The Kier molecular flexibility index (Phi) is 4.23. The van der Waals surface area contributed by atoms with Crippen molar-refractivity contribution in [3.63, 3.8) is 0 Å². The van der Waals surface area contributed by atoms with Crippen molar-refractivity contribution >= 4 is 39.8 Å². The van der Waals surface area contributed by atoms with Crippen molar-refractivity contribution in [2.75, 3.05) is 0 Å². The van der Waals surface area contributed by atoms with Crippen LogP contribution in [0.25, 0.3) is 27.9 Å². The standard InChI is InChI=1S/C29H27N3/c1-5-19-10-11-20-14-28-23(21-8-6-7-9-27(21)32(28)4)15-22(20)26-16-30-24-12-17(2)13-25(31-26)29(19)18(24)3/h6-12,14-16,19,25,29H,2-3,5,13H2,1,4H3/b11-10-,30-16?,31-26?.